The summed E-state index contributed by atoms with van der Waals surface area (Å²) in [6.45, 7) is 1.90. The number of nitrogen functional groups attached to an aromatic ring is 1. The van der Waals surface area contributed by atoms with E-state index in [-0.39, 0.29) is 10.9 Å². The highest BCUT2D eigenvalue weighted by atomic mass is 79.9. The van der Waals surface area contributed by atoms with Crippen molar-refractivity contribution in [3.63, 3.8) is 0 Å². The molecule has 0 aromatic heterocycles. The normalized spacial score (nSPS) is 17.7. The summed E-state index contributed by atoms with van der Waals surface area (Å²) in [4.78, 5) is 0.236. The summed E-state index contributed by atoms with van der Waals surface area (Å²) in [5.74, 6) is 0.692. The van der Waals surface area contributed by atoms with Crippen molar-refractivity contribution in [1.29, 1.82) is 0 Å². The fourth-order valence-electron chi connectivity index (χ4n) is 1.97. The Labute approximate surface area is 116 Å². The number of nitrogens with two attached hydrogens (primary N) is 1. The van der Waals surface area contributed by atoms with Crippen molar-refractivity contribution in [3.05, 3.63) is 22.7 Å². The molecule has 0 saturated heterocycles. The molecule has 1 saturated carbocycles. The average Bonchev–Trinajstić information content (AvgIpc) is 2.99. The largest absolute Gasteiger partial charge is 0.399 e. The van der Waals surface area contributed by atoms with Gasteiger partial charge >= 0.3 is 0 Å². The van der Waals surface area contributed by atoms with Crippen molar-refractivity contribution in [2.75, 3.05) is 5.73 Å². The molecule has 1 aliphatic carbocycles. The quantitative estimate of drug-likeness (QED) is 0.813. The topological polar surface area (TPSA) is 72.2 Å². The smallest absolute Gasteiger partial charge is 0.241 e. The van der Waals surface area contributed by atoms with E-state index in [1.165, 1.54) is 18.9 Å². The van der Waals surface area contributed by atoms with Crippen LogP contribution in [0.15, 0.2) is 27.6 Å². The molecular formula is C12H17BrN2O2S. The van der Waals surface area contributed by atoms with E-state index >= 15 is 0 Å². The summed E-state index contributed by atoms with van der Waals surface area (Å²) >= 11 is 3.24. The molecule has 0 aliphatic heterocycles. The number of nitrogens with one attached hydrogen (secondary N) is 1. The van der Waals surface area contributed by atoms with Gasteiger partial charge in [0.05, 0.1) is 4.90 Å². The Morgan fingerprint density at radius 2 is 2.17 bits per heavy atom. The minimum Gasteiger partial charge on any atom is -0.399 e. The van der Waals surface area contributed by atoms with Crippen LogP contribution in [0.4, 0.5) is 5.69 Å². The summed E-state index contributed by atoms with van der Waals surface area (Å²) in [7, 11) is -3.48. The molecule has 0 amide bonds. The highest BCUT2D eigenvalue weighted by Gasteiger charge is 2.26. The Hall–Kier alpha value is -0.590. The van der Waals surface area contributed by atoms with Gasteiger partial charge in [-0.15, -0.1) is 0 Å². The zero-order valence-electron chi connectivity index (χ0n) is 10.2. The lowest BCUT2D eigenvalue weighted by Gasteiger charge is -2.14. The molecule has 1 aliphatic rings. The van der Waals surface area contributed by atoms with Gasteiger partial charge in [-0.1, -0.05) is 12.8 Å². The molecule has 1 atom stereocenters. The first kappa shape index (κ1) is 13.8. The van der Waals surface area contributed by atoms with Crippen LogP contribution in [0, 0.1) is 5.92 Å². The highest BCUT2D eigenvalue weighted by Crippen LogP contribution is 2.34. The molecule has 0 heterocycles. The van der Waals surface area contributed by atoms with Crippen LogP contribution >= 0.6 is 15.9 Å². The number of anilines is 1. The first-order valence-electron chi connectivity index (χ1n) is 5.96. The molecule has 2 rings (SSSR count). The predicted molar refractivity (Wildman–Crippen MR) is 75.7 cm³/mol. The zero-order valence-corrected chi connectivity index (χ0v) is 12.6. The van der Waals surface area contributed by atoms with Gasteiger partial charge in [-0.25, -0.2) is 13.1 Å². The third kappa shape index (κ3) is 3.46. The fraction of sp³-hybridized carbons (Fsp3) is 0.500. The van der Waals surface area contributed by atoms with Crippen LogP contribution in [-0.4, -0.2) is 14.5 Å². The summed E-state index contributed by atoms with van der Waals surface area (Å²) in [5.41, 5.74) is 6.14. The van der Waals surface area contributed by atoms with E-state index in [0.717, 1.165) is 6.42 Å². The van der Waals surface area contributed by atoms with Crippen molar-refractivity contribution >= 4 is 31.6 Å². The standard InChI is InChI=1S/C12H17BrN2O2S/c1-8(6-9-2-3-9)15-18(16,17)12-5-4-10(14)7-11(12)13/h4-5,7-9,15H,2-3,6,14H2,1H3. The minimum absolute atomic E-state index is 0.0352. The molecular weight excluding hydrogens is 316 g/mol. The Kier molecular flexibility index (Phi) is 3.99. The third-order valence-corrected chi connectivity index (χ3v) is 5.55. The highest BCUT2D eigenvalue weighted by molar-refractivity contribution is 9.10. The molecule has 1 aromatic rings. The van der Waals surface area contributed by atoms with E-state index < -0.39 is 10.0 Å². The van der Waals surface area contributed by atoms with Crippen LogP contribution in [-0.2, 0) is 10.0 Å². The Morgan fingerprint density at radius 1 is 1.50 bits per heavy atom. The molecule has 1 fully saturated rings. The van der Waals surface area contributed by atoms with E-state index in [1.54, 1.807) is 12.1 Å². The van der Waals surface area contributed by atoms with Gasteiger partial charge in [0.1, 0.15) is 0 Å². The summed E-state index contributed by atoms with van der Waals surface area (Å²) in [6.07, 6.45) is 3.35. The van der Waals surface area contributed by atoms with Crippen LogP contribution in [0.2, 0.25) is 0 Å². The van der Waals surface area contributed by atoms with Gasteiger partial charge in [-0.3, -0.25) is 0 Å². The van der Waals surface area contributed by atoms with E-state index in [2.05, 4.69) is 20.7 Å². The monoisotopic (exact) mass is 332 g/mol. The molecule has 1 unspecified atom stereocenters. The van der Waals surface area contributed by atoms with Gasteiger partial charge in [-0.05, 0) is 53.4 Å². The molecule has 0 radical (unpaired) electrons. The van der Waals surface area contributed by atoms with Crippen LogP contribution in [0.5, 0.6) is 0 Å². The van der Waals surface area contributed by atoms with E-state index in [1.807, 2.05) is 6.92 Å². The van der Waals surface area contributed by atoms with Gasteiger partial charge in [-0.2, -0.15) is 0 Å². The maximum Gasteiger partial charge on any atom is 0.241 e. The lowest BCUT2D eigenvalue weighted by Crippen LogP contribution is -2.33. The molecule has 3 N–H and O–H groups in total. The second-order valence-corrected chi connectivity index (χ2v) is 7.43. The van der Waals surface area contributed by atoms with E-state index in [9.17, 15) is 8.42 Å². The lowest BCUT2D eigenvalue weighted by atomic mass is 10.2. The molecule has 1 aromatic carbocycles. The minimum atomic E-state index is -3.48. The van der Waals surface area contributed by atoms with Crippen LogP contribution in [0.1, 0.15) is 26.2 Å². The van der Waals surface area contributed by atoms with E-state index in [4.69, 9.17) is 5.73 Å². The third-order valence-electron chi connectivity index (χ3n) is 2.99. The maximum absolute atomic E-state index is 12.2. The van der Waals surface area contributed by atoms with Crippen LogP contribution in [0.3, 0.4) is 0 Å². The van der Waals surface area contributed by atoms with Crippen LogP contribution in [0.25, 0.3) is 0 Å². The van der Waals surface area contributed by atoms with Gasteiger partial charge in [0.15, 0.2) is 0 Å². The number of benzene rings is 1. The first-order valence-corrected chi connectivity index (χ1v) is 8.23. The Bertz CT molecular complexity index is 541. The molecule has 0 bridgehead atoms. The van der Waals surface area contributed by atoms with Crippen molar-refractivity contribution in [2.24, 2.45) is 5.92 Å². The average molecular weight is 333 g/mol. The summed E-state index contributed by atoms with van der Waals surface area (Å²) in [6, 6.07) is 4.67. The fourth-order valence-corrected chi connectivity index (χ4v) is 4.32. The van der Waals surface area contributed by atoms with Crippen molar-refractivity contribution in [3.8, 4) is 0 Å². The first-order chi connectivity index (χ1) is 8.38. The number of rotatable bonds is 5. The van der Waals surface area contributed by atoms with E-state index in [0.29, 0.717) is 16.1 Å². The number of sulfonamides is 1. The van der Waals surface area contributed by atoms with Gasteiger partial charge in [0.2, 0.25) is 10.0 Å². The Morgan fingerprint density at radius 3 is 2.72 bits per heavy atom. The second kappa shape index (κ2) is 5.19. The Balaban J connectivity index is 2.13. The molecule has 18 heavy (non-hydrogen) atoms. The molecule has 4 nitrogen and oxygen atoms in total. The number of halogens is 1. The lowest BCUT2D eigenvalue weighted by molar-refractivity contribution is 0.529. The molecule has 0 spiro atoms. The van der Waals surface area contributed by atoms with Crippen molar-refractivity contribution < 1.29 is 8.42 Å². The number of hydrogen-bond donors (Lipinski definition) is 2. The van der Waals surface area contributed by atoms with Gasteiger partial charge in [0.25, 0.3) is 0 Å². The van der Waals surface area contributed by atoms with Crippen molar-refractivity contribution in [1.82, 2.24) is 4.72 Å². The predicted octanol–water partition coefficient (Wildman–Crippen LogP) is 2.50. The SMILES string of the molecule is CC(CC1CC1)NS(=O)(=O)c1ccc(N)cc1Br. The summed E-state index contributed by atoms with van der Waals surface area (Å²) < 4.78 is 27.6. The second-order valence-electron chi connectivity index (χ2n) is 4.89. The summed E-state index contributed by atoms with van der Waals surface area (Å²) in [5, 5.41) is 0. The van der Waals surface area contributed by atoms with Gasteiger partial charge in [0, 0.05) is 16.2 Å². The zero-order chi connectivity index (χ0) is 13.3. The number of hydrogen-bond acceptors (Lipinski definition) is 3. The maximum atomic E-state index is 12.2. The van der Waals surface area contributed by atoms with Gasteiger partial charge < -0.3 is 5.73 Å². The molecule has 6 heteroatoms. The van der Waals surface area contributed by atoms with Crippen molar-refractivity contribution in [2.45, 2.75) is 37.1 Å². The molecule has 100 valence electrons. The van der Waals surface area contributed by atoms with Crippen LogP contribution < -0.4 is 10.5 Å².